The third-order valence-electron chi connectivity index (χ3n) is 3.06. The molecule has 0 saturated carbocycles. The van der Waals surface area contributed by atoms with Crippen molar-refractivity contribution in [3.05, 3.63) is 20.8 Å². The van der Waals surface area contributed by atoms with Gasteiger partial charge in [0.1, 0.15) is 0 Å². The van der Waals surface area contributed by atoms with Crippen LogP contribution in [0.3, 0.4) is 0 Å². The first-order chi connectivity index (χ1) is 7.16. The SMILES string of the molecule is CN(C)C1CCN(Cc2ccsc2Br)C1. The van der Waals surface area contributed by atoms with Gasteiger partial charge in [0.05, 0.1) is 3.79 Å². The number of hydrogen-bond acceptors (Lipinski definition) is 3. The maximum Gasteiger partial charge on any atom is 0.0743 e. The normalized spacial score (nSPS) is 22.8. The minimum atomic E-state index is 0.738. The lowest BCUT2D eigenvalue weighted by Gasteiger charge is -2.20. The quantitative estimate of drug-likeness (QED) is 0.844. The highest BCUT2D eigenvalue weighted by molar-refractivity contribution is 9.11. The maximum atomic E-state index is 3.60. The summed E-state index contributed by atoms with van der Waals surface area (Å²) in [5.41, 5.74) is 1.43. The van der Waals surface area contributed by atoms with Crippen LogP contribution < -0.4 is 0 Å². The number of nitrogens with zero attached hydrogens (tertiary/aromatic N) is 2. The summed E-state index contributed by atoms with van der Waals surface area (Å²) in [6.45, 7) is 3.52. The Bertz CT molecular complexity index is 324. The Morgan fingerprint density at radius 2 is 2.40 bits per heavy atom. The molecule has 0 aliphatic carbocycles. The molecule has 0 N–H and O–H groups in total. The zero-order chi connectivity index (χ0) is 10.8. The average Bonchev–Trinajstić information content (AvgIpc) is 2.77. The van der Waals surface area contributed by atoms with E-state index in [0.29, 0.717) is 0 Å². The van der Waals surface area contributed by atoms with E-state index in [-0.39, 0.29) is 0 Å². The monoisotopic (exact) mass is 288 g/mol. The summed E-state index contributed by atoms with van der Waals surface area (Å²) in [7, 11) is 4.35. The minimum Gasteiger partial charge on any atom is -0.305 e. The minimum absolute atomic E-state index is 0.738. The first-order valence-corrected chi connectivity index (χ1v) is 6.94. The van der Waals surface area contributed by atoms with Gasteiger partial charge in [-0.15, -0.1) is 11.3 Å². The van der Waals surface area contributed by atoms with Gasteiger partial charge in [0, 0.05) is 25.7 Å². The smallest absolute Gasteiger partial charge is 0.0743 e. The second-order valence-corrected chi connectivity index (χ2v) is 6.59. The Labute approximate surface area is 104 Å². The van der Waals surface area contributed by atoms with Crippen LogP contribution in [0.15, 0.2) is 15.2 Å². The van der Waals surface area contributed by atoms with Crippen LogP contribution in [-0.4, -0.2) is 43.0 Å². The Morgan fingerprint density at radius 1 is 1.60 bits per heavy atom. The average molecular weight is 289 g/mol. The van der Waals surface area contributed by atoms with Crippen LogP contribution >= 0.6 is 27.3 Å². The van der Waals surface area contributed by atoms with E-state index in [1.165, 1.54) is 28.9 Å². The third-order valence-corrected chi connectivity index (χ3v) is 4.88. The van der Waals surface area contributed by atoms with Crippen molar-refractivity contribution in [2.24, 2.45) is 0 Å². The molecular formula is C11H17BrN2S. The molecule has 0 radical (unpaired) electrons. The fourth-order valence-electron chi connectivity index (χ4n) is 2.05. The Morgan fingerprint density at radius 3 is 2.93 bits per heavy atom. The van der Waals surface area contributed by atoms with Crippen LogP contribution in [-0.2, 0) is 6.54 Å². The largest absolute Gasteiger partial charge is 0.305 e. The van der Waals surface area contributed by atoms with Crippen molar-refractivity contribution in [2.75, 3.05) is 27.2 Å². The molecule has 84 valence electrons. The summed E-state index contributed by atoms with van der Waals surface area (Å²) in [6.07, 6.45) is 1.30. The van der Waals surface area contributed by atoms with E-state index in [2.05, 4.69) is 51.3 Å². The van der Waals surface area contributed by atoms with Crippen LogP contribution in [0, 0.1) is 0 Å². The predicted octanol–water partition coefficient (Wildman–Crippen LogP) is 2.65. The molecular weight excluding hydrogens is 272 g/mol. The molecule has 1 fully saturated rings. The highest BCUT2D eigenvalue weighted by Gasteiger charge is 2.24. The van der Waals surface area contributed by atoms with Crippen molar-refractivity contribution in [1.29, 1.82) is 0 Å². The summed E-state index contributed by atoms with van der Waals surface area (Å²) in [6, 6.07) is 2.96. The number of rotatable bonds is 3. The van der Waals surface area contributed by atoms with E-state index < -0.39 is 0 Å². The van der Waals surface area contributed by atoms with Crippen LogP contribution in [0.1, 0.15) is 12.0 Å². The Kier molecular flexibility index (Phi) is 3.83. The van der Waals surface area contributed by atoms with E-state index in [1.807, 2.05) is 0 Å². The lowest BCUT2D eigenvalue weighted by Crippen LogP contribution is -2.31. The topological polar surface area (TPSA) is 6.48 Å². The van der Waals surface area contributed by atoms with E-state index in [9.17, 15) is 0 Å². The number of halogens is 1. The standard InChI is InChI=1S/C11H17BrN2S/c1-13(2)10-3-5-14(8-10)7-9-4-6-15-11(9)12/h4,6,10H,3,5,7-8H2,1-2H3. The van der Waals surface area contributed by atoms with E-state index in [0.717, 1.165) is 12.6 Å². The van der Waals surface area contributed by atoms with E-state index in [1.54, 1.807) is 11.3 Å². The van der Waals surface area contributed by atoms with Gasteiger partial charge in [-0.05, 0) is 53.5 Å². The Hall–Kier alpha value is 0.100. The molecule has 0 spiro atoms. The molecule has 0 bridgehead atoms. The molecule has 1 saturated heterocycles. The van der Waals surface area contributed by atoms with Crippen LogP contribution in [0.25, 0.3) is 0 Å². The van der Waals surface area contributed by atoms with Gasteiger partial charge >= 0.3 is 0 Å². The molecule has 2 nitrogen and oxygen atoms in total. The summed E-state index contributed by atoms with van der Waals surface area (Å²) in [5, 5.41) is 2.15. The molecule has 1 aliphatic heterocycles. The molecule has 2 rings (SSSR count). The van der Waals surface area contributed by atoms with Gasteiger partial charge in [-0.1, -0.05) is 0 Å². The van der Waals surface area contributed by atoms with Crippen LogP contribution in [0.5, 0.6) is 0 Å². The van der Waals surface area contributed by atoms with Crippen molar-refractivity contribution in [1.82, 2.24) is 9.80 Å². The summed E-state index contributed by atoms with van der Waals surface area (Å²) < 4.78 is 1.29. The zero-order valence-electron chi connectivity index (χ0n) is 9.24. The highest BCUT2D eigenvalue weighted by atomic mass is 79.9. The first kappa shape index (κ1) is 11.6. The Balaban J connectivity index is 1.90. The van der Waals surface area contributed by atoms with Gasteiger partial charge in [0.25, 0.3) is 0 Å². The number of likely N-dealkylation sites (tertiary alicyclic amines) is 1. The van der Waals surface area contributed by atoms with Crippen molar-refractivity contribution in [3.8, 4) is 0 Å². The molecule has 15 heavy (non-hydrogen) atoms. The van der Waals surface area contributed by atoms with Gasteiger partial charge in [-0.25, -0.2) is 0 Å². The molecule has 0 aromatic carbocycles. The fraction of sp³-hybridized carbons (Fsp3) is 0.636. The van der Waals surface area contributed by atoms with Crippen molar-refractivity contribution >= 4 is 27.3 Å². The lowest BCUT2D eigenvalue weighted by atomic mass is 10.2. The number of likely N-dealkylation sites (N-methyl/N-ethyl adjacent to an activating group) is 1. The summed E-state index contributed by atoms with van der Waals surface area (Å²) in [4.78, 5) is 4.88. The van der Waals surface area contributed by atoms with Crippen molar-refractivity contribution in [2.45, 2.75) is 19.0 Å². The lowest BCUT2D eigenvalue weighted by molar-refractivity contribution is 0.264. The molecule has 1 aromatic heterocycles. The van der Waals surface area contributed by atoms with Crippen molar-refractivity contribution < 1.29 is 0 Å². The third kappa shape index (κ3) is 2.81. The van der Waals surface area contributed by atoms with Crippen molar-refractivity contribution in [3.63, 3.8) is 0 Å². The van der Waals surface area contributed by atoms with Gasteiger partial charge < -0.3 is 4.90 Å². The molecule has 1 aromatic rings. The highest BCUT2D eigenvalue weighted by Crippen LogP contribution is 2.26. The molecule has 1 unspecified atom stereocenters. The summed E-state index contributed by atoms with van der Waals surface area (Å²) in [5.74, 6) is 0. The van der Waals surface area contributed by atoms with Gasteiger partial charge in [-0.3, -0.25) is 4.90 Å². The molecule has 4 heteroatoms. The van der Waals surface area contributed by atoms with Gasteiger partial charge in [-0.2, -0.15) is 0 Å². The zero-order valence-corrected chi connectivity index (χ0v) is 11.6. The van der Waals surface area contributed by atoms with E-state index in [4.69, 9.17) is 0 Å². The maximum absolute atomic E-state index is 3.60. The molecule has 2 heterocycles. The molecule has 1 aliphatic rings. The second kappa shape index (κ2) is 4.95. The molecule has 1 atom stereocenters. The summed E-state index contributed by atoms with van der Waals surface area (Å²) >= 11 is 5.37. The fourth-order valence-corrected chi connectivity index (χ4v) is 3.27. The number of thiophene rings is 1. The van der Waals surface area contributed by atoms with E-state index >= 15 is 0 Å². The second-order valence-electron chi connectivity index (χ2n) is 4.36. The molecule has 0 amide bonds. The number of hydrogen-bond donors (Lipinski definition) is 0. The predicted molar refractivity (Wildman–Crippen MR) is 69.4 cm³/mol. The van der Waals surface area contributed by atoms with Crippen LogP contribution in [0.2, 0.25) is 0 Å². The van der Waals surface area contributed by atoms with Gasteiger partial charge in [0.15, 0.2) is 0 Å². The van der Waals surface area contributed by atoms with Crippen LogP contribution in [0.4, 0.5) is 0 Å². The van der Waals surface area contributed by atoms with Gasteiger partial charge in [0.2, 0.25) is 0 Å². The first-order valence-electron chi connectivity index (χ1n) is 5.27.